The molecule has 0 saturated heterocycles. The SMILES string of the molecule is O=C(CCNCCc1c[nH]c2ccccc12)NCc1ccccc1Cl. The predicted molar refractivity (Wildman–Crippen MR) is 103 cm³/mol. The zero-order chi connectivity index (χ0) is 17.5. The van der Waals surface area contributed by atoms with Crippen LogP contribution in [-0.2, 0) is 17.8 Å². The average Bonchev–Trinajstić information content (AvgIpc) is 3.04. The first-order valence-corrected chi connectivity index (χ1v) is 8.87. The second kappa shape index (κ2) is 8.70. The molecule has 0 atom stereocenters. The fraction of sp³-hybridized carbons (Fsp3) is 0.250. The molecule has 3 aromatic rings. The second-order valence-electron chi connectivity index (χ2n) is 5.98. The van der Waals surface area contributed by atoms with Crippen LogP contribution in [0.15, 0.2) is 54.7 Å². The molecule has 0 spiro atoms. The van der Waals surface area contributed by atoms with Crippen molar-refractivity contribution >= 4 is 28.4 Å². The summed E-state index contributed by atoms with van der Waals surface area (Å²) in [5, 5.41) is 8.17. The van der Waals surface area contributed by atoms with E-state index in [4.69, 9.17) is 11.6 Å². The Morgan fingerprint density at radius 3 is 2.68 bits per heavy atom. The van der Waals surface area contributed by atoms with Gasteiger partial charge >= 0.3 is 0 Å². The van der Waals surface area contributed by atoms with E-state index in [1.165, 1.54) is 10.9 Å². The third-order valence-corrected chi connectivity index (χ3v) is 4.58. The first-order chi connectivity index (χ1) is 12.2. The van der Waals surface area contributed by atoms with Crippen LogP contribution in [0.25, 0.3) is 10.9 Å². The van der Waals surface area contributed by atoms with Crippen molar-refractivity contribution in [3.63, 3.8) is 0 Å². The summed E-state index contributed by atoms with van der Waals surface area (Å²) in [5.41, 5.74) is 3.40. The molecule has 2 aromatic carbocycles. The molecule has 0 radical (unpaired) electrons. The normalized spacial score (nSPS) is 10.9. The third-order valence-electron chi connectivity index (χ3n) is 4.21. The first kappa shape index (κ1) is 17.5. The fourth-order valence-corrected chi connectivity index (χ4v) is 3.01. The van der Waals surface area contributed by atoms with Crippen LogP contribution in [-0.4, -0.2) is 24.0 Å². The van der Waals surface area contributed by atoms with Crippen molar-refractivity contribution in [2.75, 3.05) is 13.1 Å². The molecule has 0 fully saturated rings. The first-order valence-electron chi connectivity index (χ1n) is 8.50. The number of aromatic nitrogens is 1. The van der Waals surface area contributed by atoms with E-state index in [1.54, 1.807) is 0 Å². The van der Waals surface area contributed by atoms with Crippen molar-refractivity contribution in [2.24, 2.45) is 0 Å². The highest BCUT2D eigenvalue weighted by atomic mass is 35.5. The van der Waals surface area contributed by atoms with Gasteiger partial charge in [0.25, 0.3) is 0 Å². The van der Waals surface area contributed by atoms with Gasteiger partial charge < -0.3 is 15.6 Å². The number of benzene rings is 2. The monoisotopic (exact) mass is 355 g/mol. The quantitative estimate of drug-likeness (QED) is 0.540. The van der Waals surface area contributed by atoms with Gasteiger partial charge in [0.1, 0.15) is 0 Å². The van der Waals surface area contributed by atoms with E-state index in [0.717, 1.165) is 24.0 Å². The highest BCUT2D eigenvalue weighted by Crippen LogP contribution is 2.17. The van der Waals surface area contributed by atoms with Crippen LogP contribution in [0, 0.1) is 0 Å². The van der Waals surface area contributed by atoms with Crippen LogP contribution in [0.4, 0.5) is 0 Å². The summed E-state index contributed by atoms with van der Waals surface area (Å²) in [6.07, 6.45) is 3.45. The van der Waals surface area contributed by atoms with E-state index >= 15 is 0 Å². The van der Waals surface area contributed by atoms with Gasteiger partial charge in [0.15, 0.2) is 0 Å². The number of hydrogen-bond donors (Lipinski definition) is 3. The maximum Gasteiger partial charge on any atom is 0.221 e. The van der Waals surface area contributed by atoms with E-state index in [1.807, 2.05) is 30.3 Å². The van der Waals surface area contributed by atoms with Gasteiger partial charge in [0.2, 0.25) is 5.91 Å². The zero-order valence-electron chi connectivity index (χ0n) is 14.0. The smallest absolute Gasteiger partial charge is 0.221 e. The maximum absolute atomic E-state index is 11.9. The van der Waals surface area contributed by atoms with Crippen molar-refractivity contribution in [3.8, 4) is 0 Å². The number of aromatic amines is 1. The average molecular weight is 356 g/mol. The Labute approximate surface area is 152 Å². The van der Waals surface area contributed by atoms with Crippen LogP contribution in [0.2, 0.25) is 5.02 Å². The molecule has 0 aliphatic carbocycles. The van der Waals surface area contributed by atoms with Gasteiger partial charge in [-0.3, -0.25) is 4.79 Å². The standard InChI is InChI=1S/C20H22ClN3O/c21-18-7-3-1-5-16(18)14-24-20(25)10-12-22-11-9-15-13-23-19-8-4-2-6-17(15)19/h1-8,13,22-23H,9-12,14H2,(H,24,25). The number of H-pyrrole nitrogens is 1. The Bertz CT molecular complexity index is 844. The highest BCUT2D eigenvalue weighted by molar-refractivity contribution is 6.31. The number of hydrogen-bond acceptors (Lipinski definition) is 2. The minimum absolute atomic E-state index is 0.0273. The van der Waals surface area contributed by atoms with Crippen LogP contribution in [0.3, 0.4) is 0 Å². The topological polar surface area (TPSA) is 56.9 Å². The van der Waals surface area contributed by atoms with Crippen LogP contribution in [0.5, 0.6) is 0 Å². The number of para-hydroxylation sites is 1. The number of carbonyl (C=O) groups is 1. The van der Waals surface area contributed by atoms with Crippen LogP contribution >= 0.6 is 11.6 Å². The lowest BCUT2D eigenvalue weighted by Gasteiger charge is -2.08. The van der Waals surface area contributed by atoms with Crippen molar-refractivity contribution in [1.82, 2.24) is 15.6 Å². The Morgan fingerprint density at radius 1 is 1.00 bits per heavy atom. The Morgan fingerprint density at radius 2 is 1.80 bits per heavy atom. The maximum atomic E-state index is 11.9. The third kappa shape index (κ3) is 4.84. The lowest BCUT2D eigenvalue weighted by Crippen LogP contribution is -2.28. The van der Waals surface area contributed by atoms with Crippen molar-refractivity contribution in [1.29, 1.82) is 0 Å². The number of amides is 1. The molecule has 0 aliphatic heterocycles. The summed E-state index contributed by atoms with van der Waals surface area (Å²) in [6.45, 7) is 1.98. The lowest BCUT2D eigenvalue weighted by molar-refractivity contribution is -0.121. The minimum atomic E-state index is 0.0273. The molecule has 3 rings (SSSR count). The van der Waals surface area contributed by atoms with Crippen molar-refractivity contribution in [2.45, 2.75) is 19.4 Å². The molecule has 1 amide bonds. The van der Waals surface area contributed by atoms with E-state index in [2.05, 4.69) is 40.0 Å². The van der Waals surface area contributed by atoms with Crippen LogP contribution < -0.4 is 10.6 Å². The summed E-state index contributed by atoms with van der Waals surface area (Å²) in [7, 11) is 0. The Hall–Kier alpha value is -2.30. The lowest BCUT2D eigenvalue weighted by atomic mass is 10.1. The largest absolute Gasteiger partial charge is 0.361 e. The summed E-state index contributed by atoms with van der Waals surface area (Å²) in [6, 6.07) is 15.8. The molecule has 5 heteroatoms. The van der Waals surface area contributed by atoms with Crippen LogP contribution in [0.1, 0.15) is 17.5 Å². The van der Waals surface area contributed by atoms with Gasteiger partial charge in [-0.05, 0) is 36.2 Å². The molecule has 25 heavy (non-hydrogen) atoms. The second-order valence-corrected chi connectivity index (χ2v) is 6.38. The molecule has 0 bridgehead atoms. The van der Waals surface area contributed by atoms with Gasteiger partial charge in [-0.2, -0.15) is 0 Å². The van der Waals surface area contributed by atoms with Gasteiger partial charge in [0, 0.05) is 41.6 Å². The molecule has 0 saturated carbocycles. The Kier molecular flexibility index (Phi) is 6.09. The van der Waals surface area contributed by atoms with Crippen molar-refractivity contribution in [3.05, 3.63) is 70.9 Å². The van der Waals surface area contributed by atoms with E-state index < -0.39 is 0 Å². The minimum Gasteiger partial charge on any atom is -0.361 e. The van der Waals surface area contributed by atoms with Gasteiger partial charge in [-0.25, -0.2) is 0 Å². The summed E-state index contributed by atoms with van der Waals surface area (Å²) >= 11 is 6.08. The molecular weight excluding hydrogens is 334 g/mol. The highest BCUT2D eigenvalue weighted by Gasteiger charge is 2.05. The number of halogens is 1. The van der Waals surface area contributed by atoms with Gasteiger partial charge in [-0.15, -0.1) is 0 Å². The summed E-state index contributed by atoms with van der Waals surface area (Å²) in [4.78, 5) is 15.2. The van der Waals surface area contributed by atoms with Crippen molar-refractivity contribution < 1.29 is 4.79 Å². The van der Waals surface area contributed by atoms with E-state index in [-0.39, 0.29) is 5.91 Å². The predicted octanol–water partition coefficient (Wildman–Crippen LogP) is 3.66. The zero-order valence-corrected chi connectivity index (χ0v) is 14.8. The Balaban J connectivity index is 1.34. The molecule has 130 valence electrons. The molecule has 0 unspecified atom stereocenters. The van der Waals surface area contributed by atoms with E-state index in [0.29, 0.717) is 24.5 Å². The number of carbonyl (C=O) groups excluding carboxylic acids is 1. The van der Waals surface area contributed by atoms with E-state index in [9.17, 15) is 4.79 Å². The van der Waals surface area contributed by atoms with Gasteiger partial charge in [-0.1, -0.05) is 48.0 Å². The number of nitrogens with one attached hydrogen (secondary N) is 3. The number of rotatable bonds is 8. The summed E-state index contributed by atoms with van der Waals surface area (Å²) < 4.78 is 0. The molecule has 3 N–H and O–H groups in total. The molecule has 0 aliphatic rings. The molecule has 4 nitrogen and oxygen atoms in total. The summed E-state index contributed by atoms with van der Waals surface area (Å²) in [5.74, 6) is 0.0273. The number of fused-ring (bicyclic) bond motifs is 1. The fourth-order valence-electron chi connectivity index (χ4n) is 2.81. The molecule has 1 heterocycles. The molecular formula is C20H22ClN3O. The molecule has 1 aromatic heterocycles. The van der Waals surface area contributed by atoms with Gasteiger partial charge in [0.05, 0.1) is 0 Å².